The van der Waals surface area contributed by atoms with E-state index < -0.39 is 0 Å². The van der Waals surface area contributed by atoms with Crippen molar-refractivity contribution in [1.29, 1.82) is 5.26 Å². The highest BCUT2D eigenvalue weighted by atomic mass is 16.5. The van der Waals surface area contributed by atoms with Crippen LogP contribution in [0.15, 0.2) is 71.5 Å². The maximum absolute atomic E-state index is 12.3. The Hall–Kier alpha value is -4.90. The number of nitrogens with zero attached hydrogens (tertiary/aromatic N) is 3. The molecule has 0 saturated heterocycles. The number of H-pyrrole nitrogens is 2. The van der Waals surface area contributed by atoms with E-state index in [1.807, 2.05) is 36.4 Å². The summed E-state index contributed by atoms with van der Waals surface area (Å²) in [7, 11) is 1.54. The largest absolute Gasteiger partial charge is 0.493 e. The van der Waals surface area contributed by atoms with Crippen molar-refractivity contribution in [3.63, 3.8) is 0 Å². The monoisotopic (exact) mass is 449 g/mol. The van der Waals surface area contributed by atoms with Gasteiger partial charge in [-0.25, -0.2) is 9.97 Å². The maximum atomic E-state index is 12.3. The smallest absolute Gasteiger partial charge is 0.258 e. The van der Waals surface area contributed by atoms with Gasteiger partial charge in [0.05, 0.1) is 34.6 Å². The molecule has 2 aromatic heterocycles. The Morgan fingerprint density at radius 2 is 1.79 bits per heavy atom. The number of methoxy groups -OCH3 is 1. The lowest BCUT2D eigenvalue weighted by molar-refractivity contribution is 0.276. The van der Waals surface area contributed by atoms with Gasteiger partial charge in [-0.15, -0.1) is 0 Å². The summed E-state index contributed by atoms with van der Waals surface area (Å²) in [6.45, 7) is 0.0635. The van der Waals surface area contributed by atoms with Gasteiger partial charge in [0, 0.05) is 0 Å². The molecule has 0 amide bonds. The van der Waals surface area contributed by atoms with E-state index in [-0.39, 0.29) is 12.2 Å². The third-order valence-electron chi connectivity index (χ3n) is 5.29. The predicted octanol–water partition coefficient (Wildman–Crippen LogP) is 4.45. The Morgan fingerprint density at radius 3 is 2.59 bits per heavy atom. The summed E-state index contributed by atoms with van der Waals surface area (Å²) in [5.74, 6) is 1.87. The Kier molecular flexibility index (Phi) is 5.50. The van der Waals surface area contributed by atoms with Crippen LogP contribution in [0, 0.1) is 11.3 Å². The van der Waals surface area contributed by atoms with Crippen molar-refractivity contribution in [2.75, 3.05) is 7.11 Å². The van der Waals surface area contributed by atoms with Crippen LogP contribution in [0.2, 0.25) is 0 Å². The number of allylic oxidation sites excluding steroid dienone is 1. The topological polar surface area (TPSA) is 117 Å². The molecule has 0 spiro atoms. The summed E-state index contributed by atoms with van der Waals surface area (Å²) in [6.07, 6.45) is 1.73. The van der Waals surface area contributed by atoms with Gasteiger partial charge in [0.15, 0.2) is 11.5 Å². The van der Waals surface area contributed by atoms with Crippen molar-refractivity contribution in [1.82, 2.24) is 19.9 Å². The molecule has 0 aliphatic heterocycles. The van der Waals surface area contributed by atoms with Crippen LogP contribution in [0.25, 0.3) is 33.6 Å². The number of nitrogens with one attached hydrogen (secondary N) is 2. The van der Waals surface area contributed by atoms with Gasteiger partial charge in [0.2, 0.25) is 0 Å². The molecule has 2 N–H and O–H groups in total. The minimum atomic E-state index is -0.216. The highest BCUT2D eigenvalue weighted by Crippen LogP contribution is 2.30. The number of fused-ring (bicyclic) bond motifs is 2. The summed E-state index contributed by atoms with van der Waals surface area (Å²) in [4.78, 5) is 27.1. The Labute approximate surface area is 194 Å². The van der Waals surface area contributed by atoms with Crippen LogP contribution in [0.3, 0.4) is 0 Å². The lowest BCUT2D eigenvalue weighted by atomic mass is 10.1. The van der Waals surface area contributed by atoms with Gasteiger partial charge >= 0.3 is 0 Å². The molecular weight excluding hydrogens is 430 g/mol. The third kappa shape index (κ3) is 4.10. The number of imidazole rings is 1. The van der Waals surface area contributed by atoms with Crippen molar-refractivity contribution in [2.24, 2.45) is 0 Å². The first-order chi connectivity index (χ1) is 16.6. The molecule has 3 aromatic carbocycles. The van der Waals surface area contributed by atoms with Gasteiger partial charge in [0.1, 0.15) is 24.3 Å². The number of benzene rings is 3. The molecule has 0 atom stereocenters. The van der Waals surface area contributed by atoms with Crippen LogP contribution < -0.4 is 15.0 Å². The van der Waals surface area contributed by atoms with Crippen LogP contribution in [0.1, 0.15) is 17.2 Å². The van der Waals surface area contributed by atoms with Gasteiger partial charge in [-0.2, -0.15) is 5.26 Å². The van der Waals surface area contributed by atoms with Crippen LogP contribution >= 0.6 is 0 Å². The zero-order valence-electron chi connectivity index (χ0n) is 18.2. The lowest BCUT2D eigenvalue weighted by Gasteiger charge is -2.11. The number of rotatable bonds is 6. The number of nitriles is 1. The van der Waals surface area contributed by atoms with Gasteiger partial charge in [-0.05, 0) is 48.0 Å². The first-order valence-electron chi connectivity index (χ1n) is 10.5. The molecule has 5 rings (SSSR count). The van der Waals surface area contributed by atoms with Crippen LogP contribution in [0.5, 0.6) is 11.5 Å². The highest BCUT2D eigenvalue weighted by molar-refractivity contribution is 5.90. The zero-order chi connectivity index (χ0) is 23.5. The Bertz CT molecular complexity index is 1610. The third-order valence-corrected chi connectivity index (χ3v) is 5.29. The molecular formula is C26H19N5O3. The molecule has 0 unspecified atom stereocenters. The van der Waals surface area contributed by atoms with E-state index in [1.54, 1.807) is 36.4 Å². The first kappa shape index (κ1) is 21.0. The molecule has 0 aliphatic rings. The molecule has 0 aliphatic carbocycles. The quantitative estimate of drug-likeness (QED) is 0.370. The van der Waals surface area contributed by atoms with Crippen molar-refractivity contribution in [2.45, 2.75) is 6.61 Å². The number of para-hydroxylation sites is 3. The SMILES string of the molecule is COc1cc(/C=C(/C#N)c2nc3ccccc3[nH]2)ccc1OCc1nc2ccccc2c(=O)[nH]1. The zero-order valence-corrected chi connectivity index (χ0v) is 18.2. The molecule has 8 nitrogen and oxygen atoms in total. The van der Waals surface area contributed by atoms with Crippen LogP contribution in [-0.2, 0) is 6.61 Å². The number of hydrogen-bond acceptors (Lipinski definition) is 6. The van der Waals surface area contributed by atoms with Crippen molar-refractivity contribution in [3.05, 3.63) is 94.3 Å². The van der Waals surface area contributed by atoms with Gasteiger partial charge in [-0.3, -0.25) is 4.79 Å². The first-order valence-corrected chi connectivity index (χ1v) is 10.5. The molecule has 0 radical (unpaired) electrons. The molecule has 2 heterocycles. The van der Waals surface area contributed by atoms with Gasteiger partial charge in [-0.1, -0.05) is 30.3 Å². The standard InChI is InChI=1S/C26H19N5O3/c1-33-23-13-16(12-17(14-27)25-29-20-8-4-5-9-21(20)30-25)10-11-22(23)34-15-24-28-19-7-3-2-6-18(19)26(32)31-24/h2-13H,15H2,1H3,(H,29,30)(H,28,31,32)/b17-12-. The molecule has 0 saturated carbocycles. The van der Waals surface area contributed by atoms with Gasteiger partial charge < -0.3 is 19.4 Å². The summed E-state index contributed by atoms with van der Waals surface area (Å²) in [5, 5.41) is 10.2. The van der Waals surface area contributed by atoms with Crippen molar-refractivity contribution >= 4 is 33.6 Å². The van der Waals surface area contributed by atoms with E-state index in [2.05, 4.69) is 26.0 Å². The van der Waals surface area contributed by atoms with E-state index in [9.17, 15) is 10.1 Å². The number of ether oxygens (including phenoxy) is 2. The van der Waals surface area contributed by atoms with Crippen LogP contribution in [0.4, 0.5) is 0 Å². The molecule has 166 valence electrons. The maximum Gasteiger partial charge on any atom is 0.258 e. The predicted molar refractivity (Wildman–Crippen MR) is 129 cm³/mol. The Balaban J connectivity index is 1.39. The number of hydrogen-bond donors (Lipinski definition) is 2. The summed E-state index contributed by atoms with van der Waals surface area (Å²) < 4.78 is 11.4. The average molecular weight is 449 g/mol. The lowest BCUT2D eigenvalue weighted by Crippen LogP contribution is -2.13. The van der Waals surface area contributed by atoms with Crippen molar-refractivity contribution in [3.8, 4) is 17.6 Å². The minimum Gasteiger partial charge on any atom is -0.493 e. The molecule has 5 aromatic rings. The second kappa shape index (κ2) is 8.92. The van der Waals surface area contributed by atoms with E-state index in [0.29, 0.717) is 39.6 Å². The Morgan fingerprint density at radius 1 is 1.00 bits per heavy atom. The second-order valence-corrected chi connectivity index (χ2v) is 7.50. The van der Waals surface area contributed by atoms with E-state index >= 15 is 0 Å². The minimum absolute atomic E-state index is 0.0635. The number of aromatic amines is 2. The van der Waals surface area contributed by atoms with E-state index in [0.717, 1.165) is 16.6 Å². The highest BCUT2D eigenvalue weighted by Gasteiger charge is 2.11. The van der Waals surface area contributed by atoms with Crippen LogP contribution in [-0.4, -0.2) is 27.0 Å². The summed E-state index contributed by atoms with van der Waals surface area (Å²) >= 11 is 0. The fourth-order valence-corrected chi connectivity index (χ4v) is 3.64. The fourth-order valence-electron chi connectivity index (χ4n) is 3.64. The molecule has 0 bridgehead atoms. The fraction of sp³-hybridized carbons (Fsp3) is 0.0769. The van der Waals surface area contributed by atoms with E-state index in [1.165, 1.54) is 7.11 Å². The second-order valence-electron chi connectivity index (χ2n) is 7.50. The van der Waals surface area contributed by atoms with Gasteiger partial charge in [0.25, 0.3) is 5.56 Å². The molecule has 0 fully saturated rings. The number of aromatic nitrogens is 4. The molecule has 8 heteroatoms. The van der Waals surface area contributed by atoms with E-state index in [4.69, 9.17) is 9.47 Å². The normalized spacial score (nSPS) is 11.5. The molecule has 34 heavy (non-hydrogen) atoms. The average Bonchev–Trinajstić information content (AvgIpc) is 3.30. The van der Waals surface area contributed by atoms with Crippen molar-refractivity contribution < 1.29 is 9.47 Å². The summed E-state index contributed by atoms with van der Waals surface area (Å²) in [5.41, 5.74) is 3.18. The summed E-state index contributed by atoms with van der Waals surface area (Å²) in [6, 6.07) is 22.3.